The lowest BCUT2D eigenvalue weighted by atomic mass is 10.0. The van der Waals surface area contributed by atoms with Gasteiger partial charge in [0.05, 0.1) is 11.7 Å². The Morgan fingerprint density at radius 1 is 1.24 bits per heavy atom. The highest BCUT2D eigenvalue weighted by atomic mass is 35.5. The number of alkyl halides is 3. The molecule has 0 amide bonds. The minimum Gasteiger partial charge on any atom is -0.387 e. The van der Waals surface area contributed by atoms with E-state index in [0.29, 0.717) is 12.1 Å². The molecule has 1 aromatic rings. The molecule has 0 aliphatic carbocycles. The standard InChI is InChI=1S/C10H10Cl2F3NO/c1-4(16)9(17)8-6(11)2-5(3-7(8)12)10(13,14)15/h2-4,9,17H,16H2,1H3/t4-,9-/m0/s1. The highest BCUT2D eigenvalue weighted by Crippen LogP contribution is 2.38. The molecule has 7 heteroatoms. The van der Waals surface area contributed by atoms with Gasteiger partial charge in [-0.3, -0.25) is 0 Å². The summed E-state index contributed by atoms with van der Waals surface area (Å²) < 4.78 is 37.3. The third-order valence-corrected chi connectivity index (χ3v) is 2.83. The van der Waals surface area contributed by atoms with E-state index in [9.17, 15) is 18.3 Å². The van der Waals surface area contributed by atoms with E-state index in [1.807, 2.05) is 0 Å². The predicted octanol–water partition coefficient (Wildman–Crippen LogP) is 3.39. The van der Waals surface area contributed by atoms with Gasteiger partial charge in [0.25, 0.3) is 0 Å². The van der Waals surface area contributed by atoms with Crippen LogP contribution in [0.3, 0.4) is 0 Å². The smallest absolute Gasteiger partial charge is 0.387 e. The maximum Gasteiger partial charge on any atom is 0.416 e. The number of benzene rings is 1. The highest BCUT2D eigenvalue weighted by Gasteiger charge is 2.33. The van der Waals surface area contributed by atoms with Crippen LogP contribution in [0.25, 0.3) is 0 Å². The Hall–Kier alpha value is -0.490. The first-order chi connectivity index (χ1) is 7.64. The molecule has 2 nitrogen and oxygen atoms in total. The number of rotatable bonds is 2. The summed E-state index contributed by atoms with van der Waals surface area (Å²) in [4.78, 5) is 0. The average Bonchev–Trinajstić information content (AvgIpc) is 2.14. The van der Waals surface area contributed by atoms with Crippen molar-refractivity contribution in [1.29, 1.82) is 0 Å². The molecule has 0 aliphatic heterocycles. The van der Waals surface area contributed by atoms with Crippen molar-refractivity contribution in [3.05, 3.63) is 33.3 Å². The van der Waals surface area contributed by atoms with Crippen LogP contribution in [0.15, 0.2) is 12.1 Å². The van der Waals surface area contributed by atoms with Gasteiger partial charge >= 0.3 is 6.18 Å². The Kier molecular flexibility index (Phi) is 4.30. The van der Waals surface area contributed by atoms with Crippen LogP contribution < -0.4 is 5.73 Å². The SMILES string of the molecule is C[C@H](N)[C@H](O)c1c(Cl)cc(C(F)(F)F)cc1Cl. The van der Waals surface area contributed by atoms with Crippen molar-refractivity contribution in [2.24, 2.45) is 5.73 Å². The summed E-state index contributed by atoms with van der Waals surface area (Å²) in [6, 6.07) is 0.740. The lowest BCUT2D eigenvalue weighted by molar-refractivity contribution is -0.137. The summed E-state index contributed by atoms with van der Waals surface area (Å²) in [6.45, 7) is 1.50. The first kappa shape index (κ1) is 14.6. The molecule has 0 aromatic heterocycles. The van der Waals surface area contributed by atoms with E-state index in [1.54, 1.807) is 0 Å². The number of nitrogens with two attached hydrogens (primary N) is 1. The van der Waals surface area contributed by atoms with Gasteiger partial charge in [-0.2, -0.15) is 13.2 Å². The van der Waals surface area contributed by atoms with Gasteiger partial charge in [0.15, 0.2) is 0 Å². The normalized spacial score (nSPS) is 15.8. The fraction of sp³-hybridized carbons (Fsp3) is 0.400. The molecule has 0 bridgehead atoms. The summed E-state index contributed by atoms with van der Waals surface area (Å²) in [5.41, 5.74) is 4.49. The minimum absolute atomic E-state index is 0.0105. The maximum atomic E-state index is 12.4. The van der Waals surface area contributed by atoms with Crippen LogP contribution >= 0.6 is 23.2 Å². The fourth-order valence-corrected chi connectivity index (χ4v) is 2.00. The zero-order valence-electron chi connectivity index (χ0n) is 8.72. The van der Waals surface area contributed by atoms with Crippen LogP contribution in [0.1, 0.15) is 24.2 Å². The minimum atomic E-state index is -4.54. The molecule has 0 aliphatic rings. The molecule has 0 spiro atoms. The Morgan fingerprint density at radius 3 is 1.94 bits per heavy atom. The Bertz CT molecular complexity index is 397. The largest absolute Gasteiger partial charge is 0.416 e. The van der Waals surface area contributed by atoms with Crippen molar-refractivity contribution >= 4 is 23.2 Å². The molecule has 0 heterocycles. The fourth-order valence-electron chi connectivity index (χ4n) is 1.29. The van der Waals surface area contributed by atoms with Crippen molar-refractivity contribution in [2.45, 2.75) is 25.2 Å². The van der Waals surface area contributed by atoms with E-state index in [-0.39, 0.29) is 15.6 Å². The zero-order chi connectivity index (χ0) is 13.4. The molecule has 0 radical (unpaired) electrons. The second kappa shape index (κ2) is 5.02. The Balaban J connectivity index is 3.29. The van der Waals surface area contributed by atoms with Crippen LogP contribution in [0.5, 0.6) is 0 Å². The summed E-state index contributed by atoms with van der Waals surface area (Å²) in [6.07, 6.45) is -5.75. The van der Waals surface area contributed by atoms with Gasteiger partial charge < -0.3 is 10.8 Å². The summed E-state index contributed by atoms with van der Waals surface area (Å²) in [7, 11) is 0. The van der Waals surface area contributed by atoms with Crippen LogP contribution in [-0.2, 0) is 6.18 Å². The molecule has 3 N–H and O–H groups in total. The number of hydrogen-bond acceptors (Lipinski definition) is 2. The van der Waals surface area contributed by atoms with Crippen LogP contribution in [0.2, 0.25) is 10.0 Å². The van der Waals surface area contributed by atoms with E-state index in [2.05, 4.69) is 0 Å². The molecule has 0 saturated carbocycles. The van der Waals surface area contributed by atoms with E-state index in [1.165, 1.54) is 6.92 Å². The topological polar surface area (TPSA) is 46.2 Å². The van der Waals surface area contributed by atoms with Crippen LogP contribution in [-0.4, -0.2) is 11.1 Å². The number of halogens is 5. The molecular formula is C10H10Cl2F3NO. The van der Waals surface area contributed by atoms with Gasteiger partial charge in [-0.25, -0.2) is 0 Å². The maximum absolute atomic E-state index is 12.4. The van der Waals surface area contributed by atoms with Gasteiger partial charge in [0.1, 0.15) is 0 Å². The van der Waals surface area contributed by atoms with Crippen molar-refractivity contribution < 1.29 is 18.3 Å². The van der Waals surface area contributed by atoms with Gasteiger partial charge in [-0.1, -0.05) is 23.2 Å². The van der Waals surface area contributed by atoms with Gasteiger partial charge in [0, 0.05) is 21.7 Å². The lowest BCUT2D eigenvalue weighted by Gasteiger charge is -2.19. The molecular weight excluding hydrogens is 278 g/mol. The molecule has 0 saturated heterocycles. The third kappa shape index (κ3) is 3.25. The Labute approximate surface area is 106 Å². The second-order valence-electron chi connectivity index (χ2n) is 3.66. The van der Waals surface area contributed by atoms with E-state index < -0.39 is 23.9 Å². The van der Waals surface area contributed by atoms with Crippen molar-refractivity contribution in [3.63, 3.8) is 0 Å². The van der Waals surface area contributed by atoms with Gasteiger partial charge in [0.2, 0.25) is 0 Å². The zero-order valence-corrected chi connectivity index (χ0v) is 10.2. The first-order valence-electron chi connectivity index (χ1n) is 4.64. The van der Waals surface area contributed by atoms with Crippen LogP contribution in [0, 0.1) is 0 Å². The van der Waals surface area contributed by atoms with Crippen molar-refractivity contribution in [3.8, 4) is 0 Å². The van der Waals surface area contributed by atoms with Gasteiger partial charge in [-0.05, 0) is 19.1 Å². The van der Waals surface area contributed by atoms with Crippen molar-refractivity contribution in [1.82, 2.24) is 0 Å². The number of hydrogen-bond donors (Lipinski definition) is 2. The molecule has 1 rings (SSSR count). The van der Waals surface area contributed by atoms with E-state index in [4.69, 9.17) is 28.9 Å². The highest BCUT2D eigenvalue weighted by molar-refractivity contribution is 6.36. The molecule has 0 fully saturated rings. The number of aliphatic hydroxyl groups excluding tert-OH is 1. The van der Waals surface area contributed by atoms with Crippen LogP contribution in [0.4, 0.5) is 13.2 Å². The summed E-state index contributed by atoms with van der Waals surface area (Å²) >= 11 is 11.4. The van der Waals surface area contributed by atoms with Crippen molar-refractivity contribution in [2.75, 3.05) is 0 Å². The second-order valence-corrected chi connectivity index (χ2v) is 4.47. The molecule has 0 unspecified atom stereocenters. The average molecular weight is 288 g/mol. The third-order valence-electron chi connectivity index (χ3n) is 2.20. The van der Waals surface area contributed by atoms with Gasteiger partial charge in [-0.15, -0.1) is 0 Å². The van der Waals surface area contributed by atoms with E-state index >= 15 is 0 Å². The summed E-state index contributed by atoms with van der Waals surface area (Å²) in [5.74, 6) is 0. The molecule has 2 atom stereocenters. The number of aliphatic hydroxyl groups is 1. The molecule has 1 aromatic carbocycles. The monoisotopic (exact) mass is 287 g/mol. The Morgan fingerprint density at radius 2 is 1.65 bits per heavy atom. The summed E-state index contributed by atoms with van der Waals surface area (Å²) in [5, 5.41) is 9.17. The van der Waals surface area contributed by atoms with E-state index in [0.717, 1.165) is 0 Å². The lowest BCUT2D eigenvalue weighted by Crippen LogP contribution is -2.25. The molecule has 17 heavy (non-hydrogen) atoms. The molecule has 96 valence electrons. The first-order valence-corrected chi connectivity index (χ1v) is 5.40. The quantitative estimate of drug-likeness (QED) is 0.876. The predicted molar refractivity (Wildman–Crippen MR) is 60.1 cm³/mol.